The van der Waals surface area contributed by atoms with E-state index in [2.05, 4.69) is 11.1 Å². The number of hydrogen-bond acceptors (Lipinski definition) is 4. The molecule has 1 unspecified atom stereocenters. The van der Waals surface area contributed by atoms with Gasteiger partial charge < -0.3 is 9.64 Å². The predicted molar refractivity (Wildman–Crippen MR) is 90.4 cm³/mol. The summed E-state index contributed by atoms with van der Waals surface area (Å²) < 4.78 is 5.36. The molecule has 24 heavy (non-hydrogen) atoms. The zero-order valence-electron chi connectivity index (χ0n) is 14.1. The molecular weight excluding hydrogens is 304 g/mol. The third-order valence-electron chi connectivity index (χ3n) is 6.20. The summed E-state index contributed by atoms with van der Waals surface area (Å²) in [6, 6.07) is 8.05. The molecule has 3 aliphatic rings. The van der Waals surface area contributed by atoms with Gasteiger partial charge in [0.1, 0.15) is 0 Å². The lowest BCUT2D eigenvalue weighted by Crippen LogP contribution is -2.64. The zero-order chi connectivity index (χ0) is 16.9. The van der Waals surface area contributed by atoms with E-state index in [9.17, 15) is 9.59 Å². The van der Waals surface area contributed by atoms with Crippen LogP contribution in [0.3, 0.4) is 0 Å². The van der Waals surface area contributed by atoms with Gasteiger partial charge in [0.2, 0.25) is 5.91 Å². The molecule has 1 aromatic rings. The molecular formula is C19H22N2O3. The first-order valence-corrected chi connectivity index (χ1v) is 8.66. The van der Waals surface area contributed by atoms with Crippen molar-refractivity contribution in [1.82, 2.24) is 4.90 Å². The van der Waals surface area contributed by atoms with Crippen LogP contribution in [0.4, 0.5) is 5.69 Å². The molecule has 4 rings (SSSR count). The van der Waals surface area contributed by atoms with Crippen molar-refractivity contribution in [2.24, 2.45) is 10.9 Å². The number of hydrogen-bond donors (Lipinski definition) is 0. The van der Waals surface area contributed by atoms with Crippen molar-refractivity contribution in [1.29, 1.82) is 0 Å². The van der Waals surface area contributed by atoms with E-state index in [1.807, 2.05) is 43.2 Å². The maximum Gasteiger partial charge on any atom is 0.311 e. The van der Waals surface area contributed by atoms with Crippen LogP contribution < -0.4 is 0 Å². The van der Waals surface area contributed by atoms with Crippen LogP contribution in [0.25, 0.3) is 0 Å². The average molecular weight is 326 g/mol. The van der Waals surface area contributed by atoms with Gasteiger partial charge in [-0.25, -0.2) is 0 Å². The van der Waals surface area contributed by atoms with Crippen LogP contribution >= 0.6 is 0 Å². The van der Waals surface area contributed by atoms with Gasteiger partial charge in [-0.3, -0.25) is 14.6 Å². The van der Waals surface area contributed by atoms with Gasteiger partial charge in [-0.1, -0.05) is 18.2 Å². The minimum atomic E-state index is -0.620. The van der Waals surface area contributed by atoms with E-state index in [4.69, 9.17) is 4.74 Å². The Morgan fingerprint density at radius 2 is 2.21 bits per heavy atom. The van der Waals surface area contributed by atoms with Crippen LogP contribution in [0.2, 0.25) is 0 Å². The SMILES string of the molecule is CCOC(=O)[C@@H]1CCC(=O)N2CCC3(C=Nc4ccccc43)[C@@]12C. The normalized spacial score (nSPS) is 33.7. The second-order valence-corrected chi connectivity index (χ2v) is 7.03. The number of ether oxygens (including phenoxy) is 1. The Bertz CT molecular complexity index is 744. The second-order valence-electron chi connectivity index (χ2n) is 7.03. The molecule has 2 saturated heterocycles. The first-order valence-electron chi connectivity index (χ1n) is 8.66. The van der Waals surface area contributed by atoms with Gasteiger partial charge in [-0.15, -0.1) is 0 Å². The summed E-state index contributed by atoms with van der Waals surface area (Å²) in [5.41, 5.74) is 1.04. The number of para-hydroxylation sites is 1. The topological polar surface area (TPSA) is 59.0 Å². The minimum Gasteiger partial charge on any atom is -0.466 e. The van der Waals surface area contributed by atoms with Gasteiger partial charge in [-0.05, 0) is 38.3 Å². The highest BCUT2D eigenvalue weighted by Crippen LogP contribution is 2.57. The van der Waals surface area contributed by atoms with Crippen LogP contribution in [0.1, 0.15) is 38.7 Å². The highest BCUT2D eigenvalue weighted by molar-refractivity contribution is 5.93. The molecule has 1 amide bonds. The molecule has 126 valence electrons. The van der Waals surface area contributed by atoms with Crippen LogP contribution in [0.15, 0.2) is 29.3 Å². The number of benzene rings is 1. The van der Waals surface area contributed by atoms with Gasteiger partial charge in [0, 0.05) is 19.2 Å². The van der Waals surface area contributed by atoms with Crippen LogP contribution in [0.5, 0.6) is 0 Å². The van der Waals surface area contributed by atoms with Crippen molar-refractivity contribution in [3.8, 4) is 0 Å². The largest absolute Gasteiger partial charge is 0.466 e. The summed E-state index contributed by atoms with van der Waals surface area (Å²) in [5, 5.41) is 0. The fraction of sp³-hybridized carbons (Fsp3) is 0.526. The summed E-state index contributed by atoms with van der Waals surface area (Å²) in [4.78, 5) is 31.8. The highest BCUT2D eigenvalue weighted by Gasteiger charge is 2.66. The Labute approximate surface area is 141 Å². The minimum absolute atomic E-state index is 0.132. The fourth-order valence-electron chi connectivity index (χ4n) is 4.99. The van der Waals surface area contributed by atoms with E-state index in [-0.39, 0.29) is 17.8 Å². The molecule has 3 heterocycles. The number of esters is 1. The maximum atomic E-state index is 12.7. The fourth-order valence-corrected chi connectivity index (χ4v) is 4.99. The van der Waals surface area contributed by atoms with Crippen LogP contribution in [-0.4, -0.2) is 41.7 Å². The van der Waals surface area contributed by atoms with Crippen molar-refractivity contribution in [3.63, 3.8) is 0 Å². The molecule has 0 aromatic heterocycles. The van der Waals surface area contributed by atoms with E-state index in [1.165, 1.54) is 0 Å². The lowest BCUT2D eigenvalue weighted by atomic mass is 9.60. The van der Waals surface area contributed by atoms with Gasteiger partial charge in [0.05, 0.1) is 29.2 Å². The Hall–Kier alpha value is -2.17. The second kappa shape index (κ2) is 5.16. The number of fused-ring (bicyclic) bond motifs is 4. The molecule has 0 radical (unpaired) electrons. The number of piperidine rings is 1. The lowest BCUT2D eigenvalue weighted by Gasteiger charge is -2.51. The molecule has 0 aliphatic carbocycles. The number of carbonyl (C=O) groups is 2. The molecule has 3 aliphatic heterocycles. The number of rotatable bonds is 2. The van der Waals surface area contributed by atoms with Gasteiger partial charge in [-0.2, -0.15) is 0 Å². The summed E-state index contributed by atoms with van der Waals surface area (Å²) in [6.07, 6.45) is 3.73. The standard InChI is InChI=1S/C19H22N2O3/c1-3-24-17(23)14-8-9-16(22)21-11-10-19(18(14,21)2)12-20-15-7-5-4-6-13(15)19/h4-7,12,14H,3,8-11H2,1-2H3/t14-,18+,19?/m0/s1. The van der Waals surface area contributed by atoms with E-state index in [1.54, 1.807) is 0 Å². The van der Waals surface area contributed by atoms with Crippen molar-refractivity contribution < 1.29 is 14.3 Å². The van der Waals surface area contributed by atoms with E-state index >= 15 is 0 Å². The zero-order valence-corrected chi connectivity index (χ0v) is 14.1. The number of nitrogens with zero attached hydrogens (tertiary/aromatic N) is 2. The Balaban J connectivity index is 1.87. The average Bonchev–Trinajstić information content (AvgIpc) is 3.10. The Kier molecular flexibility index (Phi) is 3.31. The third kappa shape index (κ3) is 1.73. The van der Waals surface area contributed by atoms with Crippen LogP contribution in [-0.2, 0) is 19.7 Å². The summed E-state index contributed by atoms with van der Waals surface area (Å²) in [6.45, 7) is 4.89. The molecule has 0 N–H and O–H groups in total. The monoisotopic (exact) mass is 326 g/mol. The van der Waals surface area contributed by atoms with Crippen LogP contribution in [0, 0.1) is 5.92 Å². The number of aliphatic imine (C=N–C) groups is 1. The summed E-state index contributed by atoms with van der Waals surface area (Å²) in [7, 11) is 0. The van der Waals surface area contributed by atoms with Crippen molar-refractivity contribution in [2.45, 2.75) is 44.1 Å². The number of amides is 1. The smallest absolute Gasteiger partial charge is 0.311 e. The highest BCUT2D eigenvalue weighted by atomic mass is 16.5. The van der Waals surface area contributed by atoms with Gasteiger partial charge >= 0.3 is 5.97 Å². The molecule has 1 aromatic carbocycles. The summed E-state index contributed by atoms with van der Waals surface area (Å²) >= 11 is 0. The molecule has 5 heteroatoms. The Morgan fingerprint density at radius 1 is 1.42 bits per heavy atom. The van der Waals surface area contributed by atoms with Gasteiger partial charge in [0.25, 0.3) is 0 Å². The third-order valence-corrected chi connectivity index (χ3v) is 6.20. The molecule has 3 atom stereocenters. The molecule has 2 fully saturated rings. The Morgan fingerprint density at radius 3 is 3.00 bits per heavy atom. The van der Waals surface area contributed by atoms with Gasteiger partial charge in [0.15, 0.2) is 0 Å². The van der Waals surface area contributed by atoms with E-state index in [0.717, 1.165) is 17.7 Å². The van der Waals surface area contributed by atoms with Crippen molar-refractivity contribution in [2.75, 3.05) is 13.2 Å². The number of carbonyl (C=O) groups excluding carboxylic acids is 2. The summed E-state index contributed by atoms with van der Waals surface area (Å²) in [5.74, 6) is -0.389. The molecule has 0 bridgehead atoms. The quantitative estimate of drug-likeness (QED) is 0.785. The van der Waals surface area contributed by atoms with E-state index < -0.39 is 11.0 Å². The predicted octanol–water partition coefficient (Wildman–Crippen LogP) is 2.60. The first kappa shape index (κ1) is 15.4. The van der Waals surface area contributed by atoms with Crippen molar-refractivity contribution >= 4 is 23.8 Å². The molecule has 0 saturated carbocycles. The van der Waals surface area contributed by atoms with Crippen molar-refractivity contribution in [3.05, 3.63) is 29.8 Å². The van der Waals surface area contributed by atoms with E-state index in [0.29, 0.717) is 26.0 Å². The lowest BCUT2D eigenvalue weighted by molar-refractivity contribution is -0.162. The molecule has 5 nitrogen and oxygen atoms in total. The maximum absolute atomic E-state index is 12.7. The molecule has 1 spiro atoms. The first-order chi connectivity index (χ1) is 11.5.